The van der Waals surface area contributed by atoms with E-state index in [0.29, 0.717) is 49.1 Å². The van der Waals surface area contributed by atoms with Gasteiger partial charge in [-0.15, -0.1) is 0 Å². The number of ether oxygens (including phenoxy) is 1. The number of nitrogens with zero attached hydrogens (tertiary/aromatic N) is 6. The number of hydrogen-bond acceptors (Lipinski definition) is 8. The van der Waals surface area contributed by atoms with Crippen molar-refractivity contribution in [2.24, 2.45) is 0 Å². The lowest BCUT2D eigenvalue weighted by atomic mass is 10.1. The maximum absolute atomic E-state index is 14.5. The van der Waals surface area contributed by atoms with Crippen molar-refractivity contribution < 1.29 is 22.3 Å². The second-order valence-corrected chi connectivity index (χ2v) is 9.39. The highest BCUT2D eigenvalue weighted by Gasteiger charge is 2.31. The van der Waals surface area contributed by atoms with E-state index in [0.717, 1.165) is 18.3 Å². The standard InChI is InChI=1S/C25H24F4N8OS/c1-35(2)18-10-15(25(27,28)29)9-17(11-18)32-16-3-4-20(30-12-16)21-14-37(24(39)33-21)23-31-13-19(26)22(34-23)36-5-7-38-8-6-36/h3-4,9-14,32H,5-8H2,1-2H3,(H,33,39). The molecule has 0 radical (unpaired) electrons. The van der Waals surface area contributed by atoms with Crippen LogP contribution in [0.5, 0.6) is 0 Å². The first-order valence-electron chi connectivity index (χ1n) is 11.9. The first-order valence-corrected chi connectivity index (χ1v) is 12.3. The number of rotatable bonds is 6. The van der Waals surface area contributed by atoms with Gasteiger partial charge in [0.2, 0.25) is 5.95 Å². The van der Waals surface area contributed by atoms with E-state index in [1.54, 1.807) is 48.3 Å². The van der Waals surface area contributed by atoms with Gasteiger partial charge in [-0.05, 0) is 42.5 Å². The first-order chi connectivity index (χ1) is 18.6. The number of hydrogen-bond donors (Lipinski definition) is 2. The SMILES string of the molecule is CN(C)c1cc(Nc2ccc(-c3cn(-c4ncc(F)c(N5CCOCC5)n4)c(=S)[nH]3)nc2)cc(C(F)(F)F)c1. The monoisotopic (exact) mass is 560 g/mol. The number of morpholine rings is 1. The molecule has 0 saturated carbocycles. The summed E-state index contributed by atoms with van der Waals surface area (Å²) in [6.07, 6.45) is -0.212. The minimum Gasteiger partial charge on any atom is -0.378 e. The number of halogens is 4. The van der Waals surface area contributed by atoms with E-state index in [-0.39, 0.29) is 22.2 Å². The Morgan fingerprint density at radius 2 is 1.82 bits per heavy atom. The summed E-state index contributed by atoms with van der Waals surface area (Å²) in [5, 5.41) is 2.98. The maximum Gasteiger partial charge on any atom is 0.416 e. The van der Waals surface area contributed by atoms with Gasteiger partial charge in [-0.3, -0.25) is 9.55 Å². The molecule has 1 aliphatic rings. The number of alkyl halides is 3. The molecule has 14 heteroatoms. The molecule has 0 bridgehead atoms. The molecule has 4 aromatic rings. The van der Waals surface area contributed by atoms with Crippen molar-refractivity contribution in [1.82, 2.24) is 24.5 Å². The number of benzene rings is 1. The van der Waals surface area contributed by atoms with E-state index in [1.165, 1.54) is 10.8 Å². The molecule has 5 rings (SSSR count). The number of aromatic amines is 1. The van der Waals surface area contributed by atoms with Crippen molar-refractivity contribution in [1.29, 1.82) is 0 Å². The smallest absolute Gasteiger partial charge is 0.378 e. The lowest BCUT2D eigenvalue weighted by Crippen LogP contribution is -2.37. The van der Waals surface area contributed by atoms with Gasteiger partial charge in [0.25, 0.3) is 0 Å². The first kappa shape index (κ1) is 26.6. The van der Waals surface area contributed by atoms with Crippen molar-refractivity contribution in [3.05, 3.63) is 65.1 Å². The molecule has 0 amide bonds. The van der Waals surface area contributed by atoms with Crippen LogP contribution < -0.4 is 15.1 Å². The number of pyridine rings is 1. The molecule has 1 saturated heterocycles. The predicted molar refractivity (Wildman–Crippen MR) is 142 cm³/mol. The van der Waals surface area contributed by atoms with Gasteiger partial charge in [-0.1, -0.05) is 0 Å². The Morgan fingerprint density at radius 3 is 2.49 bits per heavy atom. The van der Waals surface area contributed by atoms with Gasteiger partial charge in [0.05, 0.1) is 48.2 Å². The number of imidazole rings is 1. The van der Waals surface area contributed by atoms with E-state index in [9.17, 15) is 17.6 Å². The van der Waals surface area contributed by atoms with Gasteiger partial charge in [0.15, 0.2) is 16.4 Å². The quantitative estimate of drug-likeness (QED) is 0.246. The van der Waals surface area contributed by atoms with Crippen LogP contribution in [0.1, 0.15) is 5.56 Å². The van der Waals surface area contributed by atoms with Crippen LogP contribution >= 0.6 is 12.2 Å². The Hall–Kier alpha value is -4.04. The van der Waals surface area contributed by atoms with Crippen LogP contribution in [0.3, 0.4) is 0 Å². The number of anilines is 4. The second-order valence-electron chi connectivity index (χ2n) is 9.00. The highest BCUT2D eigenvalue weighted by Crippen LogP contribution is 2.35. The fourth-order valence-electron chi connectivity index (χ4n) is 4.04. The zero-order valence-corrected chi connectivity index (χ0v) is 21.8. The lowest BCUT2D eigenvalue weighted by Gasteiger charge is -2.28. The summed E-state index contributed by atoms with van der Waals surface area (Å²) in [5.41, 5.74) is 1.51. The second kappa shape index (κ2) is 10.6. The van der Waals surface area contributed by atoms with Crippen LogP contribution in [0.15, 0.2) is 48.9 Å². The molecule has 0 unspecified atom stereocenters. The molecular weight excluding hydrogens is 536 g/mol. The molecule has 1 aromatic carbocycles. The van der Waals surface area contributed by atoms with Gasteiger partial charge in [-0.2, -0.15) is 18.2 Å². The summed E-state index contributed by atoms with van der Waals surface area (Å²) in [4.78, 5) is 19.3. The van der Waals surface area contributed by atoms with Crippen LogP contribution in [0, 0.1) is 10.6 Å². The summed E-state index contributed by atoms with van der Waals surface area (Å²) in [7, 11) is 3.35. The third-order valence-corrected chi connectivity index (χ3v) is 6.35. The van der Waals surface area contributed by atoms with Gasteiger partial charge >= 0.3 is 6.18 Å². The van der Waals surface area contributed by atoms with Crippen molar-refractivity contribution in [3.63, 3.8) is 0 Å². The fraction of sp³-hybridized carbons (Fsp3) is 0.280. The van der Waals surface area contributed by atoms with Crippen molar-refractivity contribution in [3.8, 4) is 17.3 Å². The Bertz CT molecular complexity index is 1530. The molecule has 9 nitrogen and oxygen atoms in total. The van der Waals surface area contributed by atoms with E-state index < -0.39 is 17.6 Å². The minimum atomic E-state index is -4.48. The van der Waals surface area contributed by atoms with E-state index in [4.69, 9.17) is 17.0 Å². The lowest BCUT2D eigenvalue weighted by molar-refractivity contribution is -0.137. The largest absolute Gasteiger partial charge is 0.416 e. The molecule has 1 fully saturated rings. The van der Waals surface area contributed by atoms with Crippen molar-refractivity contribution in [2.75, 3.05) is 55.5 Å². The van der Waals surface area contributed by atoms with E-state index in [1.807, 2.05) is 0 Å². The van der Waals surface area contributed by atoms with Crippen molar-refractivity contribution >= 4 is 35.1 Å². The highest BCUT2D eigenvalue weighted by molar-refractivity contribution is 7.71. The molecule has 4 heterocycles. The van der Waals surface area contributed by atoms with Crippen LogP contribution in [0.2, 0.25) is 0 Å². The average molecular weight is 561 g/mol. The van der Waals surface area contributed by atoms with Gasteiger partial charge < -0.3 is 24.8 Å². The van der Waals surface area contributed by atoms with Crippen LogP contribution in [-0.2, 0) is 10.9 Å². The number of aromatic nitrogens is 5. The van der Waals surface area contributed by atoms with E-state index >= 15 is 0 Å². The molecule has 39 heavy (non-hydrogen) atoms. The van der Waals surface area contributed by atoms with E-state index in [2.05, 4.69) is 25.3 Å². The maximum atomic E-state index is 14.5. The Kier molecular flexibility index (Phi) is 7.23. The summed E-state index contributed by atoms with van der Waals surface area (Å²) in [6.45, 7) is 1.98. The van der Waals surface area contributed by atoms with Gasteiger partial charge in [-0.25, -0.2) is 9.37 Å². The Morgan fingerprint density at radius 1 is 1.05 bits per heavy atom. The molecule has 3 aromatic heterocycles. The van der Waals surface area contributed by atoms with Gasteiger partial charge in [0, 0.05) is 44.8 Å². The molecule has 0 atom stereocenters. The molecule has 1 aliphatic heterocycles. The molecule has 204 valence electrons. The summed E-state index contributed by atoms with van der Waals surface area (Å²) in [6, 6.07) is 7.14. The van der Waals surface area contributed by atoms with Crippen molar-refractivity contribution in [2.45, 2.75) is 6.18 Å². The summed E-state index contributed by atoms with van der Waals surface area (Å²) < 4.78 is 61.7. The molecule has 0 spiro atoms. The summed E-state index contributed by atoms with van der Waals surface area (Å²) in [5.74, 6) is -0.162. The average Bonchev–Trinajstić information content (AvgIpc) is 3.30. The topological polar surface area (TPSA) is 87.1 Å². The number of nitrogens with one attached hydrogen (secondary N) is 2. The Labute approximate surface area is 226 Å². The third kappa shape index (κ3) is 5.86. The minimum absolute atomic E-state index is 0.175. The Balaban J connectivity index is 1.38. The van der Waals surface area contributed by atoms with Gasteiger partial charge in [0.1, 0.15) is 0 Å². The molecule has 2 N–H and O–H groups in total. The normalized spacial score (nSPS) is 13.9. The zero-order valence-electron chi connectivity index (χ0n) is 21.0. The van der Waals surface area contributed by atoms with Crippen LogP contribution in [-0.4, -0.2) is 64.9 Å². The summed E-state index contributed by atoms with van der Waals surface area (Å²) >= 11 is 5.44. The van der Waals surface area contributed by atoms with Crippen LogP contribution in [0.25, 0.3) is 17.3 Å². The molecular formula is C25H24F4N8OS. The fourth-order valence-corrected chi connectivity index (χ4v) is 4.28. The number of H-pyrrole nitrogens is 1. The predicted octanol–water partition coefficient (Wildman–Crippen LogP) is 5.19. The zero-order chi connectivity index (χ0) is 27.7. The molecule has 0 aliphatic carbocycles. The highest BCUT2D eigenvalue weighted by atomic mass is 32.1. The van der Waals surface area contributed by atoms with Crippen LogP contribution in [0.4, 0.5) is 40.4 Å². The third-order valence-electron chi connectivity index (χ3n) is 6.05.